The van der Waals surface area contributed by atoms with Gasteiger partial charge in [-0.15, -0.1) is 11.3 Å². The molecule has 0 amide bonds. The zero-order valence-corrected chi connectivity index (χ0v) is 11.7. The highest BCUT2D eigenvalue weighted by Crippen LogP contribution is 2.37. The standard InChI is InChI=1S/C14H12ClNO2S/c15-10-4-2-1-3-9(10)13-16-11-6-5-8(14(17)18)7-12(11)19-13/h1-4,8H,5-7H2,(H,17,18). The summed E-state index contributed by atoms with van der Waals surface area (Å²) in [6, 6.07) is 7.61. The predicted molar refractivity (Wildman–Crippen MR) is 75.7 cm³/mol. The second-order valence-electron chi connectivity index (χ2n) is 4.65. The molecule has 1 aliphatic carbocycles. The maximum atomic E-state index is 11.1. The summed E-state index contributed by atoms with van der Waals surface area (Å²) in [6.07, 6.45) is 2.01. The van der Waals surface area contributed by atoms with E-state index in [2.05, 4.69) is 4.98 Å². The van der Waals surface area contributed by atoms with E-state index in [-0.39, 0.29) is 5.92 Å². The molecular formula is C14H12ClNO2S. The van der Waals surface area contributed by atoms with E-state index in [1.54, 1.807) is 11.3 Å². The van der Waals surface area contributed by atoms with E-state index in [1.165, 1.54) is 0 Å². The van der Waals surface area contributed by atoms with Crippen molar-refractivity contribution in [1.82, 2.24) is 4.98 Å². The quantitative estimate of drug-likeness (QED) is 0.919. The summed E-state index contributed by atoms with van der Waals surface area (Å²) in [5.74, 6) is -0.981. The molecule has 1 heterocycles. The molecule has 0 fully saturated rings. The average Bonchev–Trinajstić information content (AvgIpc) is 2.81. The molecule has 0 saturated carbocycles. The highest BCUT2D eigenvalue weighted by Gasteiger charge is 2.27. The minimum atomic E-state index is -0.710. The van der Waals surface area contributed by atoms with Crippen molar-refractivity contribution in [1.29, 1.82) is 0 Å². The number of hydrogen-bond acceptors (Lipinski definition) is 3. The van der Waals surface area contributed by atoms with Crippen LogP contribution in [-0.2, 0) is 17.6 Å². The number of aromatic nitrogens is 1. The van der Waals surface area contributed by atoms with Crippen molar-refractivity contribution in [3.63, 3.8) is 0 Å². The van der Waals surface area contributed by atoms with Crippen LogP contribution in [0.15, 0.2) is 24.3 Å². The van der Waals surface area contributed by atoms with E-state index in [1.807, 2.05) is 24.3 Å². The Kier molecular flexibility index (Phi) is 3.29. The first-order chi connectivity index (χ1) is 9.15. The molecule has 2 aromatic rings. The molecule has 3 nitrogen and oxygen atoms in total. The van der Waals surface area contributed by atoms with Crippen molar-refractivity contribution < 1.29 is 9.90 Å². The third kappa shape index (κ3) is 2.38. The number of carbonyl (C=O) groups is 1. The number of thiazole rings is 1. The van der Waals surface area contributed by atoms with Crippen molar-refractivity contribution in [2.24, 2.45) is 5.92 Å². The van der Waals surface area contributed by atoms with E-state index in [9.17, 15) is 4.79 Å². The van der Waals surface area contributed by atoms with Crippen molar-refractivity contribution >= 4 is 28.9 Å². The molecule has 1 unspecified atom stereocenters. The summed E-state index contributed by atoms with van der Waals surface area (Å²) >= 11 is 7.74. The first kappa shape index (κ1) is 12.6. The maximum Gasteiger partial charge on any atom is 0.306 e. The second kappa shape index (κ2) is 4.94. The molecule has 1 aromatic heterocycles. The lowest BCUT2D eigenvalue weighted by atomic mass is 9.91. The van der Waals surface area contributed by atoms with Gasteiger partial charge < -0.3 is 5.11 Å². The third-order valence-electron chi connectivity index (χ3n) is 3.39. The number of aliphatic carboxylic acids is 1. The molecule has 1 N–H and O–H groups in total. The van der Waals surface area contributed by atoms with Crippen LogP contribution < -0.4 is 0 Å². The Morgan fingerprint density at radius 3 is 2.95 bits per heavy atom. The molecule has 0 radical (unpaired) electrons. The molecule has 0 saturated heterocycles. The van der Waals surface area contributed by atoms with Gasteiger partial charge in [0.15, 0.2) is 0 Å². The first-order valence-electron chi connectivity index (χ1n) is 6.11. The monoisotopic (exact) mass is 293 g/mol. The summed E-state index contributed by atoms with van der Waals surface area (Å²) in [6.45, 7) is 0. The molecule has 0 aliphatic heterocycles. The van der Waals surface area contributed by atoms with Gasteiger partial charge in [-0.1, -0.05) is 29.8 Å². The number of benzene rings is 1. The van der Waals surface area contributed by atoms with Crippen molar-refractivity contribution in [3.8, 4) is 10.6 Å². The fraction of sp³-hybridized carbons (Fsp3) is 0.286. The number of nitrogens with zero attached hydrogens (tertiary/aromatic N) is 1. The number of halogens is 1. The van der Waals surface area contributed by atoms with Crippen LogP contribution in [0.2, 0.25) is 5.02 Å². The zero-order chi connectivity index (χ0) is 13.4. The normalized spacial score (nSPS) is 18.1. The summed E-state index contributed by atoms with van der Waals surface area (Å²) < 4.78 is 0. The summed E-state index contributed by atoms with van der Waals surface area (Å²) in [7, 11) is 0. The van der Waals surface area contributed by atoms with Gasteiger partial charge in [-0.3, -0.25) is 4.79 Å². The molecule has 0 spiro atoms. The molecule has 1 aromatic carbocycles. The topological polar surface area (TPSA) is 50.2 Å². The summed E-state index contributed by atoms with van der Waals surface area (Å²) in [5, 5.41) is 10.7. The number of carboxylic acid groups (broad SMARTS) is 1. The third-order valence-corrected chi connectivity index (χ3v) is 4.88. The Hall–Kier alpha value is -1.39. The molecular weight excluding hydrogens is 282 g/mol. The van der Waals surface area contributed by atoms with Crippen molar-refractivity contribution in [3.05, 3.63) is 39.9 Å². The second-order valence-corrected chi connectivity index (χ2v) is 6.14. The van der Waals surface area contributed by atoms with Crippen LogP contribution in [0.25, 0.3) is 10.6 Å². The lowest BCUT2D eigenvalue weighted by molar-refractivity contribution is -0.142. The number of aryl methyl sites for hydroxylation is 1. The van der Waals surface area contributed by atoms with Crippen LogP contribution >= 0.6 is 22.9 Å². The van der Waals surface area contributed by atoms with E-state index in [0.717, 1.165) is 27.6 Å². The van der Waals surface area contributed by atoms with Crippen molar-refractivity contribution in [2.75, 3.05) is 0 Å². The largest absolute Gasteiger partial charge is 0.481 e. The van der Waals surface area contributed by atoms with Gasteiger partial charge in [0, 0.05) is 10.4 Å². The number of hydrogen-bond donors (Lipinski definition) is 1. The number of fused-ring (bicyclic) bond motifs is 1. The number of rotatable bonds is 2. The van der Waals surface area contributed by atoms with E-state index < -0.39 is 5.97 Å². The molecule has 98 valence electrons. The summed E-state index contributed by atoms with van der Waals surface area (Å²) in [5.41, 5.74) is 1.97. The van der Waals surface area contributed by atoms with Crippen LogP contribution in [0.1, 0.15) is 17.0 Å². The van der Waals surface area contributed by atoms with Gasteiger partial charge >= 0.3 is 5.97 Å². The van der Waals surface area contributed by atoms with Crippen LogP contribution in [0.4, 0.5) is 0 Å². The smallest absolute Gasteiger partial charge is 0.306 e. The van der Waals surface area contributed by atoms with Gasteiger partial charge in [-0.2, -0.15) is 0 Å². The minimum Gasteiger partial charge on any atom is -0.481 e. The van der Waals surface area contributed by atoms with Gasteiger partial charge in [0.2, 0.25) is 0 Å². The molecule has 1 aliphatic rings. The zero-order valence-electron chi connectivity index (χ0n) is 10.1. The summed E-state index contributed by atoms with van der Waals surface area (Å²) in [4.78, 5) is 16.8. The Morgan fingerprint density at radius 2 is 2.21 bits per heavy atom. The first-order valence-corrected chi connectivity index (χ1v) is 7.31. The Bertz CT molecular complexity index is 638. The van der Waals surface area contributed by atoms with E-state index in [0.29, 0.717) is 17.9 Å². The Morgan fingerprint density at radius 1 is 1.42 bits per heavy atom. The molecule has 19 heavy (non-hydrogen) atoms. The lowest BCUT2D eigenvalue weighted by Gasteiger charge is -2.16. The maximum absolute atomic E-state index is 11.1. The Balaban J connectivity index is 1.96. The van der Waals surface area contributed by atoms with Crippen LogP contribution in [-0.4, -0.2) is 16.1 Å². The molecule has 3 rings (SSSR count). The lowest BCUT2D eigenvalue weighted by Crippen LogP contribution is -2.21. The molecule has 0 bridgehead atoms. The highest BCUT2D eigenvalue weighted by atomic mass is 35.5. The van der Waals surface area contributed by atoms with Crippen LogP contribution in [0, 0.1) is 5.92 Å². The van der Waals surface area contributed by atoms with Gasteiger partial charge in [-0.05, 0) is 25.3 Å². The van der Waals surface area contributed by atoms with Gasteiger partial charge in [0.05, 0.1) is 16.6 Å². The van der Waals surface area contributed by atoms with Crippen LogP contribution in [0.5, 0.6) is 0 Å². The van der Waals surface area contributed by atoms with E-state index >= 15 is 0 Å². The predicted octanol–water partition coefficient (Wildman–Crippen LogP) is 3.65. The van der Waals surface area contributed by atoms with Crippen LogP contribution in [0.3, 0.4) is 0 Å². The van der Waals surface area contributed by atoms with E-state index in [4.69, 9.17) is 16.7 Å². The minimum absolute atomic E-state index is 0.271. The van der Waals surface area contributed by atoms with Gasteiger partial charge in [-0.25, -0.2) is 4.98 Å². The fourth-order valence-electron chi connectivity index (χ4n) is 2.34. The average molecular weight is 294 g/mol. The fourth-order valence-corrected chi connectivity index (χ4v) is 3.84. The molecule has 1 atom stereocenters. The van der Waals surface area contributed by atoms with Gasteiger partial charge in [0.25, 0.3) is 0 Å². The molecule has 5 heteroatoms. The van der Waals surface area contributed by atoms with Crippen molar-refractivity contribution in [2.45, 2.75) is 19.3 Å². The SMILES string of the molecule is O=C(O)C1CCc2nc(-c3ccccc3Cl)sc2C1. The highest BCUT2D eigenvalue weighted by molar-refractivity contribution is 7.15. The Labute approximate surface area is 119 Å². The number of carboxylic acids is 1. The van der Waals surface area contributed by atoms with Gasteiger partial charge in [0.1, 0.15) is 5.01 Å².